The summed E-state index contributed by atoms with van der Waals surface area (Å²) in [5.41, 5.74) is 2.43. The molecule has 0 N–H and O–H groups in total. The van der Waals surface area contributed by atoms with Crippen LogP contribution >= 0.6 is 0 Å². The highest BCUT2D eigenvalue weighted by atomic mass is 16.5. The Labute approximate surface area is 135 Å². The van der Waals surface area contributed by atoms with E-state index in [1.807, 2.05) is 18.3 Å². The number of aromatic nitrogens is 2. The molecule has 116 valence electrons. The Hall–Kier alpha value is -2.46. The molecular weight excluding hydrogens is 286 g/mol. The molecule has 0 unspecified atom stereocenters. The van der Waals surface area contributed by atoms with E-state index in [9.17, 15) is 0 Å². The maximum absolute atomic E-state index is 6.04. The van der Waals surface area contributed by atoms with Crippen molar-refractivity contribution in [3.63, 3.8) is 0 Å². The van der Waals surface area contributed by atoms with Crippen molar-refractivity contribution in [2.45, 2.75) is 13.0 Å². The highest BCUT2D eigenvalue weighted by molar-refractivity contribution is 5.88. The molecule has 0 aliphatic carbocycles. The first kappa shape index (κ1) is 14.2. The summed E-state index contributed by atoms with van der Waals surface area (Å²) in [6.45, 7) is 3.52. The summed E-state index contributed by atoms with van der Waals surface area (Å²) in [5, 5.41) is 2.39. The molecule has 0 amide bonds. The molecule has 23 heavy (non-hydrogen) atoms. The van der Waals surface area contributed by atoms with Crippen molar-refractivity contribution in [2.75, 3.05) is 19.7 Å². The highest BCUT2D eigenvalue weighted by Crippen LogP contribution is 2.25. The quantitative estimate of drug-likeness (QED) is 0.742. The van der Waals surface area contributed by atoms with Gasteiger partial charge in [0.1, 0.15) is 18.7 Å². The standard InChI is InChI=1S/C19H19N3O/c1-2-6-17-15(4-1)5-3-7-19(17)23-11-10-22-9-8-16-12-20-14-21-18(16)13-22/h1-7,12,14H,8-11,13H2. The third-order valence-corrected chi connectivity index (χ3v) is 4.37. The highest BCUT2D eigenvalue weighted by Gasteiger charge is 2.17. The fraction of sp³-hybridized carbons (Fsp3) is 0.263. The van der Waals surface area contributed by atoms with Crippen molar-refractivity contribution in [2.24, 2.45) is 0 Å². The Morgan fingerprint density at radius 1 is 1.09 bits per heavy atom. The first-order valence-corrected chi connectivity index (χ1v) is 8.01. The van der Waals surface area contributed by atoms with E-state index in [1.165, 1.54) is 16.3 Å². The van der Waals surface area contributed by atoms with Crippen LogP contribution in [0, 0.1) is 0 Å². The Kier molecular flexibility index (Phi) is 3.90. The molecule has 4 nitrogen and oxygen atoms in total. The van der Waals surface area contributed by atoms with Gasteiger partial charge in [-0.05, 0) is 23.4 Å². The number of benzene rings is 2. The maximum Gasteiger partial charge on any atom is 0.127 e. The molecule has 0 radical (unpaired) electrons. The van der Waals surface area contributed by atoms with Gasteiger partial charge < -0.3 is 4.74 Å². The van der Waals surface area contributed by atoms with E-state index in [0.717, 1.165) is 37.5 Å². The van der Waals surface area contributed by atoms with Crippen LogP contribution in [-0.4, -0.2) is 34.6 Å². The fourth-order valence-electron chi connectivity index (χ4n) is 3.10. The van der Waals surface area contributed by atoms with Gasteiger partial charge in [-0.2, -0.15) is 0 Å². The Balaban J connectivity index is 1.39. The van der Waals surface area contributed by atoms with Crippen LogP contribution < -0.4 is 4.74 Å². The van der Waals surface area contributed by atoms with Gasteiger partial charge in [-0.25, -0.2) is 9.97 Å². The molecule has 2 aromatic carbocycles. The van der Waals surface area contributed by atoms with Crippen LogP contribution in [0.1, 0.15) is 11.3 Å². The minimum absolute atomic E-state index is 0.689. The van der Waals surface area contributed by atoms with Gasteiger partial charge in [-0.1, -0.05) is 36.4 Å². The van der Waals surface area contributed by atoms with Crippen molar-refractivity contribution < 1.29 is 4.74 Å². The third kappa shape index (κ3) is 3.03. The molecule has 0 bridgehead atoms. The van der Waals surface area contributed by atoms with E-state index in [4.69, 9.17) is 4.74 Å². The molecule has 0 fully saturated rings. The first-order valence-electron chi connectivity index (χ1n) is 8.01. The summed E-state index contributed by atoms with van der Waals surface area (Å²) in [5.74, 6) is 0.961. The van der Waals surface area contributed by atoms with Gasteiger partial charge in [0.25, 0.3) is 0 Å². The number of hydrogen-bond donors (Lipinski definition) is 0. The van der Waals surface area contributed by atoms with Crippen molar-refractivity contribution in [3.05, 3.63) is 66.2 Å². The van der Waals surface area contributed by atoms with Gasteiger partial charge in [0.05, 0.1) is 5.69 Å². The van der Waals surface area contributed by atoms with E-state index in [2.05, 4.69) is 45.2 Å². The molecule has 0 saturated carbocycles. The molecule has 1 aliphatic heterocycles. The summed E-state index contributed by atoms with van der Waals surface area (Å²) < 4.78 is 6.04. The monoisotopic (exact) mass is 305 g/mol. The predicted octanol–water partition coefficient (Wildman–Crippen LogP) is 3.07. The van der Waals surface area contributed by atoms with Crippen LogP contribution in [-0.2, 0) is 13.0 Å². The second-order valence-corrected chi connectivity index (χ2v) is 5.85. The molecule has 1 aliphatic rings. The molecular formula is C19H19N3O. The fourth-order valence-corrected chi connectivity index (χ4v) is 3.10. The largest absolute Gasteiger partial charge is 0.492 e. The van der Waals surface area contributed by atoms with Crippen LogP contribution in [0.15, 0.2) is 55.0 Å². The van der Waals surface area contributed by atoms with Crippen molar-refractivity contribution in [3.8, 4) is 5.75 Å². The summed E-state index contributed by atoms with van der Waals surface area (Å²) in [7, 11) is 0. The van der Waals surface area contributed by atoms with E-state index in [1.54, 1.807) is 6.33 Å². The van der Waals surface area contributed by atoms with E-state index in [0.29, 0.717) is 6.61 Å². The van der Waals surface area contributed by atoms with E-state index >= 15 is 0 Å². The van der Waals surface area contributed by atoms with Gasteiger partial charge in [0.2, 0.25) is 0 Å². The van der Waals surface area contributed by atoms with Gasteiger partial charge in [-0.3, -0.25) is 4.90 Å². The summed E-state index contributed by atoms with van der Waals surface area (Å²) in [4.78, 5) is 10.9. The normalized spacial score (nSPS) is 14.6. The van der Waals surface area contributed by atoms with Crippen LogP contribution in [0.5, 0.6) is 5.75 Å². The summed E-state index contributed by atoms with van der Waals surface area (Å²) >= 11 is 0. The van der Waals surface area contributed by atoms with Crippen molar-refractivity contribution in [1.29, 1.82) is 0 Å². The second kappa shape index (κ2) is 6.34. The van der Waals surface area contributed by atoms with Crippen molar-refractivity contribution >= 4 is 10.8 Å². The first-order chi connectivity index (χ1) is 11.4. The Morgan fingerprint density at radius 3 is 3.00 bits per heavy atom. The predicted molar refractivity (Wildman–Crippen MR) is 90.5 cm³/mol. The molecule has 0 saturated heterocycles. The molecule has 0 atom stereocenters. The summed E-state index contributed by atoms with van der Waals surface area (Å²) in [6.07, 6.45) is 4.59. The number of hydrogen-bond acceptors (Lipinski definition) is 4. The van der Waals surface area contributed by atoms with Crippen molar-refractivity contribution in [1.82, 2.24) is 14.9 Å². The lowest BCUT2D eigenvalue weighted by molar-refractivity contribution is 0.195. The van der Waals surface area contributed by atoms with Gasteiger partial charge in [-0.15, -0.1) is 0 Å². The van der Waals surface area contributed by atoms with E-state index in [-0.39, 0.29) is 0 Å². The van der Waals surface area contributed by atoms with Crippen LogP contribution in [0.2, 0.25) is 0 Å². The molecule has 4 rings (SSSR count). The molecule has 2 heterocycles. The zero-order valence-corrected chi connectivity index (χ0v) is 13.0. The van der Waals surface area contributed by atoms with Crippen LogP contribution in [0.25, 0.3) is 10.8 Å². The number of nitrogens with zero attached hydrogens (tertiary/aromatic N) is 3. The minimum atomic E-state index is 0.689. The van der Waals surface area contributed by atoms with Crippen LogP contribution in [0.3, 0.4) is 0 Å². The topological polar surface area (TPSA) is 38.2 Å². The SMILES string of the molecule is c1ccc2c(OCCN3CCc4cncnc4C3)cccc2c1. The number of ether oxygens (including phenoxy) is 1. The zero-order chi connectivity index (χ0) is 15.5. The molecule has 1 aromatic heterocycles. The van der Waals surface area contributed by atoms with Crippen LogP contribution in [0.4, 0.5) is 0 Å². The third-order valence-electron chi connectivity index (χ3n) is 4.37. The second-order valence-electron chi connectivity index (χ2n) is 5.85. The average Bonchev–Trinajstić information content (AvgIpc) is 2.62. The smallest absolute Gasteiger partial charge is 0.127 e. The lowest BCUT2D eigenvalue weighted by atomic mass is 10.1. The Morgan fingerprint density at radius 2 is 2.00 bits per heavy atom. The minimum Gasteiger partial charge on any atom is -0.492 e. The molecule has 4 heteroatoms. The zero-order valence-electron chi connectivity index (χ0n) is 13.0. The number of rotatable bonds is 4. The van der Waals surface area contributed by atoms with Gasteiger partial charge in [0, 0.05) is 31.2 Å². The molecule has 3 aromatic rings. The number of fused-ring (bicyclic) bond motifs is 2. The lowest BCUT2D eigenvalue weighted by Crippen LogP contribution is -2.34. The lowest BCUT2D eigenvalue weighted by Gasteiger charge is -2.27. The Bertz CT molecular complexity index is 813. The van der Waals surface area contributed by atoms with Gasteiger partial charge in [0.15, 0.2) is 0 Å². The maximum atomic E-state index is 6.04. The summed E-state index contributed by atoms with van der Waals surface area (Å²) in [6, 6.07) is 14.5. The molecule has 0 spiro atoms. The van der Waals surface area contributed by atoms with E-state index < -0.39 is 0 Å². The van der Waals surface area contributed by atoms with Gasteiger partial charge >= 0.3 is 0 Å². The average molecular weight is 305 g/mol.